The van der Waals surface area contributed by atoms with Gasteiger partial charge in [0.1, 0.15) is 5.60 Å². The van der Waals surface area contributed by atoms with E-state index in [1.807, 2.05) is 6.92 Å². The summed E-state index contributed by atoms with van der Waals surface area (Å²) < 4.78 is 18.6. The molecule has 4 fully saturated rings. The van der Waals surface area contributed by atoms with Gasteiger partial charge in [0.05, 0.1) is 31.5 Å². The highest BCUT2D eigenvalue weighted by Gasteiger charge is 2.76. The lowest BCUT2D eigenvalue weighted by Gasteiger charge is -2.61. The first kappa shape index (κ1) is 15.3. The van der Waals surface area contributed by atoms with Gasteiger partial charge >= 0.3 is 0 Å². The van der Waals surface area contributed by atoms with Gasteiger partial charge in [-0.3, -0.25) is 0 Å². The molecule has 0 aromatic heterocycles. The Kier molecular flexibility index (Phi) is 3.10. The normalized spacial score (nSPS) is 56.3. The Morgan fingerprint density at radius 1 is 1.09 bits per heavy atom. The van der Waals surface area contributed by atoms with Gasteiger partial charge in [0.2, 0.25) is 0 Å². The van der Waals surface area contributed by atoms with Crippen molar-refractivity contribution in [3.8, 4) is 0 Å². The third kappa shape index (κ3) is 1.52. The van der Waals surface area contributed by atoms with Crippen molar-refractivity contribution in [3.05, 3.63) is 0 Å². The Labute approximate surface area is 131 Å². The van der Waals surface area contributed by atoms with Crippen molar-refractivity contribution in [1.82, 2.24) is 0 Å². The fraction of sp³-hybridized carbons (Fsp3) is 1.00. The highest BCUT2D eigenvalue weighted by Crippen LogP contribution is 2.68. The van der Waals surface area contributed by atoms with Crippen LogP contribution in [0.5, 0.6) is 0 Å². The molecule has 0 unspecified atom stereocenters. The molecule has 2 saturated heterocycles. The second-order valence-electron chi connectivity index (χ2n) is 8.25. The minimum absolute atomic E-state index is 0.0235. The van der Waals surface area contributed by atoms with Crippen LogP contribution in [0.4, 0.5) is 0 Å². The molecule has 5 nitrogen and oxygen atoms in total. The zero-order valence-electron chi connectivity index (χ0n) is 13.8. The topological polar surface area (TPSA) is 68.2 Å². The van der Waals surface area contributed by atoms with Crippen molar-refractivity contribution in [3.63, 3.8) is 0 Å². The van der Waals surface area contributed by atoms with Crippen molar-refractivity contribution in [2.24, 2.45) is 17.3 Å². The molecule has 2 N–H and O–H groups in total. The number of hydrogen-bond donors (Lipinski definition) is 2. The average molecular weight is 312 g/mol. The maximum absolute atomic E-state index is 11.2. The summed E-state index contributed by atoms with van der Waals surface area (Å²) in [5, 5.41) is 21.1. The summed E-state index contributed by atoms with van der Waals surface area (Å²) in [4.78, 5) is 0. The van der Waals surface area contributed by atoms with E-state index >= 15 is 0 Å². The zero-order chi connectivity index (χ0) is 15.8. The molecule has 6 atom stereocenters. The first-order valence-electron chi connectivity index (χ1n) is 8.61. The second-order valence-corrected chi connectivity index (χ2v) is 8.25. The van der Waals surface area contributed by atoms with Crippen LogP contribution in [0, 0.1) is 17.3 Å². The summed E-state index contributed by atoms with van der Waals surface area (Å²) in [6.45, 7) is 7.41. The molecule has 22 heavy (non-hydrogen) atoms. The molecule has 2 bridgehead atoms. The maximum Gasteiger partial charge on any atom is 0.173 e. The predicted molar refractivity (Wildman–Crippen MR) is 79.2 cm³/mol. The molecular formula is C17H28O5. The Morgan fingerprint density at radius 3 is 2.41 bits per heavy atom. The number of rotatable bonds is 1. The lowest BCUT2D eigenvalue weighted by atomic mass is 9.50. The van der Waals surface area contributed by atoms with Crippen molar-refractivity contribution in [1.29, 1.82) is 0 Å². The van der Waals surface area contributed by atoms with Gasteiger partial charge in [-0.2, -0.15) is 0 Å². The van der Waals surface area contributed by atoms with Crippen LogP contribution in [-0.2, 0) is 14.2 Å². The van der Waals surface area contributed by atoms with E-state index in [0.29, 0.717) is 13.2 Å². The summed E-state index contributed by atoms with van der Waals surface area (Å²) in [7, 11) is 0. The van der Waals surface area contributed by atoms with Crippen LogP contribution in [0.15, 0.2) is 0 Å². The van der Waals surface area contributed by atoms with Crippen LogP contribution in [0.25, 0.3) is 0 Å². The number of ether oxygens (including phenoxy) is 3. The SMILES string of the molecule is C[C@H]1C2(CC[C@]3(C)CC[C@H]4[C@H](O)[C@@]13O[C@]4(C)CO)OCCO2. The molecule has 5 heteroatoms. The minimum Gasteiger partial charge on any atom is -0.393 e. The average Bonchev–Trinajstić information content (AvgIpc) is 3.02. The number of aliphatic hydroxyl groups is 2. The summed E-state index contributed by atoms with van der Waals surface area (Å²) in [5.74, 6) is -0.722. The van der Waals surface area contributed by atoms with E-state index in [2.05, 4.69) is 13.8 Å². The molecule has 0 aromatic carbocycles. The summed E-state index contributed by atoms with van der Waals surface area (Å²) >= 11 is 0. The lowest BCUT2D eigenvalue weighted by Crippen LogP contribution is -2.69. The summed E-state index contributed by atoms with van der Waals surface area (Å²) in [5.41, 5.74) is -1.48. The van der Waals surface area contributed by atoms with E-state index in [1.165, 1.54) is 0 Å². The van der Waals surface area contributed by atoms with Gasteiger partial charge in [-0.05, 0) is 31.6 Å². The molecule has 2 aliphatic carbocycles. The van der Waals surface area contributed by atoms with Crippen LogP contribution < -0.4 is 0 Å². The Balaban J connectivity index is 1.83. The van der Waals surface area contributed by atoms with Crippen molar-refractivity contribution in [2.45, 2.75) is 69.5 Å². The minimum atomic E-state index is -0.698. The van der Waals surface area contributed by atoms with Gasteiger partial charge in [-0.1, -0.05) is 13.8 Å². The summed E-state index contributed by atoms with van der Waals surface area (Å²) in [6.07, 6.45) is 3.11. The molecule has 0 radical (unpaired) electrons. The summed E-state index contributed by atoms with van der Waals surface area (Å²) in [6, 6.07) is 0. The molecule has 2 spiro atoms. The van der Waals surface area contributed by atoms with E-state index in [9.17, 15) is 10.2 Å². The fourth-order valence-electron chi connectivity index (χ4n) is 5.96. The Bertz CT molecular complexity index is 476. The van der Waals surface area contributed by atoms with Gasteiger partial charge in [-0.25, -0.2) is 0 Å². The molecular weight excluding hydrogens is 284 g/mol. The zero-order valence-corrected chi connectivity index (χ0v) is 13.8. The fourth-order valence-corrected chi connectivity index (χ4v) is 5.96. The van der Waals surface area contributed by atoms with Crippen LogP contribution in [-0.4, -0.2) is 53.1 Å². The molecule has 2 heterocycles. The van der Waals surface area contributed by atoms with E-state index in [4.69, 9.17) is 14.2 Å². The second kappa shape index (κ2) is 4.45. The van der Waals surface area contributed by atoms with Crippen LogP contribution in [0.3, 0.4) is 0 Å². The van der Waals surface area contributed by atoms with Gasteiger partial charge in [-0.15, -0.1) is 0 Å². The van der Waals surface area contributed by atoms with E-state index in [1.54, 1.807) is 0 Å². The van der Waals surface area contributed by atoms with Gasteiger partial charge < -0.3 is 24.4 Å². The molecule has 0 aromatic rings. The van der Waals surface area contributed by atoms with Crippen molar-refractivity contribution in [2.75, 3.05) is 19.8 Å². The van der Waals surface area contributed by atoms with Gasteiger partial charge in [0.25, 0.3) is 0 Å². The highest BCUT2D eigenvalue weighted by atomic mass is 16.7. The third-order valence-corrected chi connectivity index (χ3v) is 7.38. The largest absolute Gasteiger partial charge is 0.393 e. The van der Waals surface area contributed by atoms with Crippen molar-refractivity contribution < 1.29 is 24.4 Å². The van der Waals surface area contributed by atoms with Crippen LogP contribution in [0.1, 0.15) is 46.5 Å². The van der Waals surface area contributed by atoms with E-state index in [0.717, 1.165) is 25.7 Å². The molecule has 0 amide bonds. The first-order valence-corrected chi connectivity index (χ1v) is 8.61. The van der Waals surface area contributed by atoms with Gasteiger partial charge in [0.15, 0.2) is 5.79 Å². The Morgan fingerprint density at radius 2 is 1.77 bits per heavy atom. The van der Waals surface area contributed by atoms with E-state index < -0.39 is 23.1 Å². The quantitative estimate of drug-likeness (QED) is 0.767. The molecule has 4 rings (SSSR count). The standard InChI is InChI=1S/C17H28O5/c1-11-16(20-8-9-21-16)7-6-14(2)5-4-12-13(19)17(11,14)22-15(12,3)10-18/h11-13,18-19H,4-10H2,1-3H3/t11-,12-,13-,14-,15+,17-/m0/s1. The number of fused-ring (bicyclic) bond motifs is 1. The van der Waals surface area contributed by atoms with Gasteiger partial charge in [0, 0.05) is 18.3 Å². The van der Waals surface area contributed by atoms with Crippen LogP contribution in [0.2, 0.25) is 0 Å². The highest BCUT2D eigenvalue weighted by molar-refractivity contribution is 5.22. The third-order valence-electron chi connectivity index (χ3n) is 7.38. The number of hydrogen-bond acceptors (Lipinski definition) is 5. The van der Waals surface area contributed by atoms with Crippen molar-refractivity contribution >= 4 is 0 Å². The first-order chi connectivity index (χ1) is 10.3. The lowest BCUT2D eigenvalue weighted by molar-refractivity contribution is -0.322. The molecule has 2 aliphatic heterocycles. The van der Waals surface area contributed by atoms with Crippen LogP contribution >= 0.6 is 0 Å². The smallest absolute Gasteiger partial charge is 0.173 e. The van der Waals surface area contributed by atoms with E-state index in [-0.39, 0.29) is 23.9 Å². The number of aliphatic hydroxyl groups excluding tert-OH is 2. The predicted octanol–water partition coefficient (Wildman–Crippen LogP) is 1.46. The molecule has 4 aliphatic rings. The molecule has 2 saturated carbocycles. The maximum atomic E-state index is 11.2. The Hall–Kier alpha value is -0.200. The molecule has 126 valence electrons. The monoisotopic (exact) mass is 312 g/mol.